The number of fused-ring (bicyclic) bond motifs is 1. The standard InChI is InChI=1S/C10H5ClN2/c11-10-7(5-12)6-13-9-4-2-1-3-8(9)10/h1-4,6H. The van der Waals surface area contributed by atoms with Crippen molar-refractivity contribution in [2.24, 2.45) is 0 Å². The zero-order valence-corrected chi connectivity index (χ0v) is 7.42. The van der Waals surface area contributed by atoms with E-state index in [1.807, 2.05) is 30.3 Å². The third-order valence-electron chi connectivity index (χ3n) is 1.83. The second-order valence-corrected chi connectivity index (χ2v) is 2.99. The van der Waals surface area contributed by atoms with E-state index >= 15 is 0 Å². The highest BCUT2D eigenvalue weighted by Crippen LogP contribution is 2.24. The van der Waals surface area contributed by atoms with Gasteiger partial charge in [-0.2, -0.15) is 5.26 Å². The van der Waals surface area contributed by atoms with Gasteiger partial charge in [0.1, 0.15) is 6.07 Å². The van der Waals surface area contributed by atoms with Crippen molar-refractivity contribution in [1.29, 1.82) is 5.26 Å². The van der Waals surface area contributed by atoms with E-state index in [4.69, 9.17) is 16.9 Å². The molecule has 0 aliphatic rings. The number of rotatable bonds is 0. The maximum atomic E-state index is 8.70. The Labute approximate surface area is 80.4 Å². The smallest absolute Gasteiger partial charge is 0.102 e. The Kier molecular flexibility index (Phi) is 1.88. The monoisotopic (exact) mass is 188 g/mol. The van der Waals surface area contributed by atoms with Crippen LogP contribution in [0.1, 0.15) is 5.56 Å². The molecule has 0 spiro atoms. The highest BCUT2D eigenvalue weighted by Gasteiger charge is 2.04. The van der Waals surface area contributed by atoms with Gasteiger partial charge in [0.25, 0.3) is 0 Å². The molecule has 0 amide bonds. The van der Waals surface area contributed by atoms with Gasteiger partial charge in [-0.15, -0.1) is 0 Å². The highest BCUT2D eigenvalue weighted by atomic mass is 35.5. The predicted octanol–water partition coefficient (Wildman–Crippen LogP) is 2.76. The van der Waals surface area contributed by atoms with E-state index in [2.05, 4.69) is 4.98 Å². The predicted molar refractivity (Wildman–Crippen MR) is 51.5 cm³/mol. The molecule has 0 fully saturated rings. The maximum Gasteiger partial charge on any atom is 0.102 e. The van der Waals surface area contributed by atoms with Crippen molar-refractivity contribution in [3.05, 3.63) is 41.0 Å². The second-order valence-electron chi connectivity index (χ2n) is 2.61. The first-order chi connectivity index (χ1) is 6.33. The van der Waals surface area contributed by atoms with Gasteiger partial charge in [0.15, 0.2) is 0 Å². The van der Waals surface area contributed by atoms with Gasteiger partial charge < -0.3 is 0 Å². The molecule has 2 aromatic rings. The molecule has 0 bridgehead atoms. The van der Waals surface area contributed by atoms with Gasteiger partial charge in [-0.1, -0.05) is 29.8 Å². The van der Waals surface area contributed by atoms with Crippen molar-refractivity contribution in [1.82, 2.24) is 4.98 Å². The largest absolute Gasteiger partial charge is 0.255 e. The Morgan fingerprint density at radius 2 is 2.08 bits per heavy atom. The van der Waals surface area contributed by atoms with E-state index in [0.29, 0.717) is 10.6 Å². The van der Waals surface area contributed by atoms with Crippen LogP contribution in [0.15, 0.2) is 30.5 Å². The zero-order chi connectivity index (χ0) is 9.26. The van der Waals surface area contributed by atoms with E-state index in [0.717, 1.165) is 10.9 Å². The fourth-order valence-corrected chi connectivity index (χ4v) is 1.44. The lowest BCUT2D eigenvalue weighted by Crippen LogP contribution is -1.83. The average Bonchev–Trinajstić information content (AvgIpc) is 2.19. The van der Waals surface area contributed by atoms with Crippen LogP contribution in [0.25, 0.3) is 10.9 Å². The van der Waals surface area contributed by atoms with Gasteiger partial charge in [0.2, 0.25) is 0 Å². The van der Waals surface area contributed by atoms with Crippen molar-refractivity contribution >= 4 is 22.5 Å². The van der Waals surface area contributed by atoms with E-state index in [1.165, 1.54) is 6.20 Å². The molecule has 0 N–H and O–H groups in total. The maximum absolute atomic E-state index is 8.70. The van der Waals surface area contributed by atoms with Crippen LogP contribution in [-0.2, 0) is 0 Å². The van der Waals surface area contributed by atoms with Gasteiger partial charge in [-0.3, -0.25) is 4.98 Å². The number of hydrogen-bond acceptors (Lipinski definition) is 2. The molecule has 1 aromatic heterocycles. The minimum Gasteiger partial charge on any atom is -0.255 e. The van der Waals surface area contributed by atoms with Crippen LogP contribution < -0.4 is 0 Å². The molecule has 1 heterocycles. The molecule has 1 aromatic carbocycles. The summed E-state index contributed by atoms with van der Waals surface area (Å²) >= 11 is 5.98. The summed E-state index contributed by atoms with van der Waals surface area (Å²) in [5, 5.41) is 10.0. The summed E-state index contributed by atoms with van der Waals surface area (Å²) in [4.78, 5) is 4.11. The molecule has 0 radical (unpaired) electrons. The van der Waals surface area contributed by atoms with Gasteiger partial charge in [0.05, 0.1) is 16.1 Å². The van der Waals surface area contributed by atoms with Crippen LogP contribution in [0, 0.1) is 11.3 Å². The van der Waals surface area contributed by atoms with E-state index in [-0.39, 0.29) is 0 Å². The molecular formula is C10H5ClN2. The third kappa shape index (κ3) is 1.24. The molecule has 0 aliphatic carbocycles. The first-order valence-electron chi connectivity index (χ1n) is 3.76. The second kappa shape index (κ2) is 3.04. The molecule has 0 unspecified atom stereocenters. The summed E-state index contributed by atoms with van der Waals surface area (Å²) in [6.07, 6.45) is 1.49. The number of nitrogens with zero attached hydrogens (tertiary/aromatic N) is 2. The Morgan fingerprint density at radius 3 is 2.85 bits per heavy atom. The molecule has 0 aliphatic heterocycles. The SMILES string of the molecule is N#Cc1cnc2ccccc2c1Cl. The molecule has 3 heteroatoms. The van der Waals surface area contributed by atoms with E-state index in [1.54, 1.807) is 0 Å². The third-order valence-corrected chi connectivity index (χ3v) is 2.24. The molecule has 2 nitrogen and oxygen atoms in total. The van der Waals surface area contributed by atoms with E-state index < -0.39 is 0 Å². The van der Waals surface area contributed by atoms with Gasteiger partial charge in [0, 0.05) is 11.6 Å². The number of para-hydroxylation sites is 1. The fraction of sp³-hybridized carbons (Fsp3) is 0. The van der Waals surface area contributed by atoms with Crippen LogP contribution in [0.2, 0.25) is 5.02 Å². The number of pyridine rings is 1. The van der Waals surface area contributed by atoms with Crippen LogP contribution in [-0.4, -0.2) is 4.98 Å². The number of benzene rings is 1. The highest BCUT2D eigenvalue weighted by molar-refractivity contribution is 6.36. The van der Waals surface area contributed by atoms with E-state index in [9.17, 15) is 0 Å². The normalized spacial score (nSPS) is 9.85. The lowest BCUT2D eigenvalue weighted by molar-refractivity contribution is 1.37. The van der Waals surface area contributed by atoms with Crippen LogP contribution in [0.4, 0.5) is 0 Å². The quantitative estimate of drug-likeness (QED) is 0.638. The van der Waals surface area contributed by atoms with Crippen molar-refractivity contribution in [2.75, 3.05) is 0 Å². The Balaban J connectivity index is 2.89. The first-order valence-corrected chi connectivity index (χ1v) is 4.14. The topological polar surface area (TPSA) is 36.7 Å². The lowest BCUT2D eigenvalue weighted by atomic mass is 10.2. The average molecular weight is 189 g/mol. The lowest BCUT2D eigenvalue weighted by Gasteiger charge is -1.99. The van der Waals surface area contributed by atoms with Crippen molar-refractivity contribution < 1.29 is 0 Å². The molecule has 13 heavy (non-hydrogen) atoms. The summed E-state index contributed by atoms with van der Waals surface area (Å²) in [6.45, 7) is 0. The molecular weight excluding hydrogens is 184 g/mol. The number of halogens is 1. The molecule has 2 rings (SSSR count). The number of aromatic nitrogens is 1. The van der Waals surface area contributed by atoms with Crippen molar-refractivity contribution in [3.63, 3.8) is 0 Å². The first kappa shape index (κ1) is 8.03. The van der Waals surface area contributed by atoms with Gasteiger partial charge in [-0.05, 0) is 6.07 Å². The summed E-state index contributed by atoms with van der Waals surface area (Å²) in [5.74, 6) is 0. The number of nitriles is 1. The molecule has 0 saturated heterocycles. The zero-order valence-electron chi connectivity index (χ0n) is 6.66. The summed E-state index contributed by atoms with van der Waals surface area (Å²) in [6, 6.07) is 9.47. The summed E-state index contributed by atoms with van der Waals surface area (Å²) in [5.41, 5.74) is 1.23. The Hall–Kier alpha value is -1.59. The minimum absolute atomic E-state index is 0.417. The Morgan fingerprint density at radius 1 is 1.31 bits per heavy atom. The number of hydrogen-bond donors (Lipinski definition) is 0. The fourth-order valence-electron chi connectivity index (χ4n) is 1.19. The molecule has 0 saturated carbocycles. The van der Waals surface area contributed by atoms with Gasteiger partial charge in [-0.25, -0.2) is 0 Å². The summed E-state index contributed by atoms with van der Waals surface area (Å²) < 4.78 is 0. The van der Waals surface area contributed by atoms with Gasteiger partial charge >= 0.3 is 0 Å². The van der Waals surface area contributed by atoms with Crippen molar-refractivity contribution in [2.45, 2.75) is 0 Å². The van der Waals surface area contributed by atoms with Crippen LogP contribution in [0.3, 0.4) is 0 Å². The van der Waals surface area contributed by atoms with Crippen LogP contribution in [0.5, 0.6) is 0 Å². The van der Waals surface area contributed by atoms with Crippen molar-refractivity contribution in [3.8, 4) is 6.07 Å². The van der Waals surface area contributed by atoms with Crippen LogP contribution >= 0.6 is 11.6 Å². The minimum atomic E-state index is 0.417. The summed E-state index contributed by atoms with van der Waals surface area (Å²) in [7, 11) is 0. The Bertz CT molecular complexity index is 500. The molecule has 0 atom stereocenters. The molecule has 62 valence electrons.